The van der Waals surface area contributed by atoms with Crippen molar-refractivity contribution < 1.29 is 22.4 Å². The van der Waals surface area contributed by atoms with Crippen LogP contribution < -0.4 is 25.1 Å². The third-order valence-electron chi connectivity index (χ3n) is 5.05. The second-order valence-electron chi connectivity index (χ2n) is 7.90. The molecule has 1 amide bonds. The Morgan fingerprint density at radius 3 is 2.46 bits per heavy atom. The van der Waals surface area contributed by atoms with E-state index in [4.69, 9.17) is 9.15 Å². The number of hydrogen-bond donors (Lipinski definition) is 2. The summed E-state index contributed by atoms with van der Waals surface area (Å²) in [6.45, 7) is 0. The number of hydrogen-bond acceptors (Lipinski definition) is 7. The summed E-state index contributed by atoms with van der Waals surface area (Å²) in [5.74, 6) is -0.746. The van der Waals surface area contributed by atoms with Gasteiger partial charge >= 0.3 is 0 Å². The number of anilines is 3. The highest BCUT2D eigenvalue weighted by molar-refractivity contribution is 7.92. The van der Waals surface area contributed by atoms with Crippen molar-refractivity contribution in [1.29, 1.82) is 0 Å². The smallest absolute Gasteiger partial charge is 0.268 e. The van der Waals surface area contributed by atoms with Gasteiger partial charge in [0.1, 0.15) is 11.3 Å². The highest BCUT2D eigenvalue weighted by atomic mass is 32.2. The molecule has 35 heavy (non-hydrogen) atoms. The lowest BCUT2D eigenvalue weighted by Gasteiger charge is -2.13. The molecule has 0 fully saturated rings. The lowest BCUT2D eigenvalue weighted by molar-refractivity contribution is 0.102. The fraction of sp³-hybridized carbons (Fsp3) is 0.120. The average Bonchev–Trinajstić information content (AvgIpc) is 2.83. The number of sulfonamides is 1. The molecule has 4 rings (SSSR count). The molecule has 2 N–H and O–H groups in total. The van der Waals surface area contributed by atoms with Gasteiger partial charge in [-0.25, -0.2) is 8.42 Å². The molecule has 1 heterocycles. The number of ether oxygens (including phenoxy) is 1. The van der Waals surface area contributed by atoms with Crippen LogP contribution >= 0.6 is 0 Å². The summed E-state index contributed by atoms with van der Waals surface area (Å²) in [7, 11) is -0.0657. The van der Waals surface area contributed by atoms with E-state index in [2.05, 4.69) is 10.0 Å². The third-order valence-corrected chi connectivity index (χ3v) is 6.03. The molecule has 0 saturated carbocycles. The van der Waals surface area contributed by atoms with Crippen LogP contribution in [-0.2, 0) is 10.0 Å². The van der Waals surface area contributed by atoms with Crippen LogP contribution in [0.2, 0.25) is 0 Å². The maximum absolute atomic E-state index is 12.6. The van der Waals surface area contributed by atoms with Crippen LogP contribution in [0.3, 0.4) is 0 Å². The molecule has 0 bridgehead atoms. The predicted molar refractivity (Wildman–Crippen MR) is 136 cm³/mol. The van der Waals surface area contributed by atoms with E-state index in [9.17, 15) is 18.0 Å². The number of benzene rings is 3. The number of amides is 1. The second-order valence-corrected chi connectivity index (χ2v) is 9.57. The van der Waals surface area contributed by atoms with Crippen molar-refractivity contribution in [2.75, 3.05) is 35.0 Å². The van der Waals surface area contributed by atoms with Crippen LogP contribution in [0.25, 0.3) is 11.0 Å². The summed E-state index contributed by atoms with van der Waals surface area (Å²) in [4.78, 5) is 26.3. The average molecular weight is 494 g/mol. The summed E-state index contributed by atoms with van der Waals surface area (Å²) < 4.78 is 38.1. The zero-order valence-corrected chi connectivity index (χ0v) is 19.8. The van der Waals surface area contributed by atoms with Crippen molar-refractivity contribution in [3.05, 3.63) is 94.8 Å². The van der Waals surface area contributed by atoms with Crippen molar-refractivity contribution >= 4 is 44.0 Å². The van der Waals surface area contributed by atoms with Crippen LogP contribution in [0.5, 0.6) is 5.75 Å². The van der Waals surface area contributed by atoms with Crippen molar-refractivity contribution in [1.82, 2.24) is 0 Å². The molecule has 0 unspecified atom stereocenters. The first kappa shape index (κ1) is 23.8. The first-order valence-electron chi connectivity index (χ1n) is 10.5. The monoisotopic (exact) mass is 493 g/mol. The summed E-state index contributed by atoms with van der Waals surface area (Å²) in [5.41, 5.74) is 2.22. The van der Waals surface area contributed by atoms with Gasteiger partial charge < -0.3 is 19.4 Å². The Kier molecular flexibility index (Phi) is 6.74. The molecular weight excluding hydrogens is 470 g/mol. The maximum Gasteiger partial charge on any atom is 0.268 e. The lowest BCUT2D eigenvalue weighted by Crippen LogP contribution is -2.20. The van der Waals surface area contributed by atoms with Gasteiger partial charge in [-0.2, -0.15) is 0 Å². The standard InChI is InChI=1S/C25H23N3O6S/c1-28(2)20-8-6-17(7-9-20)25(30)26-18-4-3-5-19(14-18)27-35(31,32)16-34-21-10-11-22-23(29)12-13-33-24(22)15-21/h3-15,27H,16H2,1-2H3,(H,26,30). The Hall–Kier alpha value is -4.31. The molecule has 0 atom stereocenters. The molecule has 9 nitrogen and oxygen atoms in total. The minimum Gasteiger partial charge on any atom is -0.476 e. The Labute approximate surface area is 202 Å². The molecule has 0 saturated heterocycles. The van der Waals surface area contributed by atoms with Gasteiger partial charge in [-0.3, -0.25) is 14.3 Å². The number of carbonyl (C=O) groups is 1. The molecule has 0 aliphatic carbocycles. The van der Waals surface area contributed by atoms with Gasteiger partial charge in [0.25, 0.3) is 15.9 Å². The molecule has 3 aromatic carbocycles. The number of nitrogens with one attached hydrogen (secondary N) is 2. The Balaban J connectivity index is 1.39. The van der Waals surface area contributed by atoms with Gasteiger partial charge in [0.05, 0.1) is 17.3 Å². The van der Waals surface area contributed by atoms with Crippen molar-refractivity contribution in [3.63, 3.8) is 0 Å². The summed E-state index contributed by atoms with van der Waals surface area (Å²) in [6.07, 6.45) is 1.26. The highest BCUT2D eigenvalue weighted by Crippen LogP contribution is 2.21. The summed E-state index contributed by atoms with van der Waals surface area (Å²) in [6, 6.07) is 19.2. The third kappa shape index (κ3) is 5.98. The minimum absolute atomic E-state index is 0.204. The van der Waals surface area contributed by atoms with Crippen molar-refractivity contribution in [2.45, 2.75) is 0 Å². The van der Waals surface area contributed by atoms with Gasteiger partial charge in [-0.15, -0.1) is 0 Å². The fourth-order valence-corrected chi connectivity index (χ4v) is 4.12. The first-order valence-corrected chi connectivity index (χ1v) is 12.2. The molecule has 1 aromatic heterocycles. The van der Waals surface area contributed by atoms with E-state index in [0.29, 0.717) is 22.2 Å². The van der Waals surface area contributed by atoms with Crippen LogP contribution in [0.1, 0.15) is 10.4 Å². The normalized spacial score (nSPS) is 11.1. The Morgan fingerprint density at radius 1 is 0.971 bits per heavy atom. The quantitative estimate of drug-likeness (QED) is 0.382. The Bertz CT molecular complexity index is 1530. The number of fused-ring (bicyclic) bond motifs is 1. The van der Waals surface area contributed by atoms with E-state index in [-0.39, 0.29) is 22.8 Å². The van der Waals surface area contributed by atoms with E-state index in [0.717, 1.165) is 5.69 Å². The van der Waals surface area contributed by atoms with Crippen molar-refractivity contribution in [2.24, 2.45) is 0 Å². The first-order chi connectivity index (χ1) is 16.7. The van der Waals surface area contributed by atoms with Crippen LogP contribution in [0, 0.1) is 0 Å². The van der Waals surface area contributed by atoms with Crippen LogP contribution in [0.15, 0.2) is 88.3 Å². The number of nitrogens with zero attached hydrogens (tertiary/aromatic N) is 1. The zero-order chi connectivity index (χ0) is 25.0. The van der Waals surface area contributed by atoms with Crippen molar-refractivity contribution in [3.8, 4) is 5.75 Å². The molecule has 4 aromatic rings. The van der Waals surface area contributed by atoms with Gasteiger partial charge in [0.15, 0.2) is 5.43 Å². The van der Waals surface area contributed by atoms with Gasteiger partial charge in [-0.05, 0) is 54.6 Å². The Morgan fingerprint density at radius 2 is 1.71 bits per heavy atom. The summed E-state index contributed by atoms with van der Waals surface area (Å²) >= 11 is 0. The lowest BCUT2D eigenvalue weighted by atomic mass is 10.2. The predicted octanol–water partition coefficient (Wildman–Crippen LogP) is 3.89. The fourth-order valence-electron chi connectivity index (χ4n) is 3.28. The SMILES string of the molecule is CN(C)c1ccc(C(=O)Nc2cccc(NS(=O)(=O)COc3ccc4c(=O)ccoc4c3)c2)cc1. The van der Waals surface area contributed by atoms with Crippen LogP contribution in [0.4, 0.5) is 17.1 Å². The van der Waals surface area contributed by atoms with E-state index in [1.54, 1.807) is 30.3 Å². The van der Waals surface area contributed by atoms with E-state index < -0.39 is 16.0 Å². The molecule has 0 spiro atoms. The van der Waals surface area contributed by atoms with E-state index >= 15 is 0 Å². The maximum atomic E-state index is 12.6. The molecule has 0 aliphatic heterocycles. The largest absolute Gasteiger partial charge is 0.476 e. The molecule has 180 valence electrons. The number of carbonyl (C=O) groups excluding carboxylic acids is 1. The summed E-state index contributed by atoms with van der Waals surface area (Å²) in [5, 5.41) is 3.13. The molecule has 0 aliphatic rings. The van der Waals surface area contributed by atoms with Gasteiger partial charge in [0, 0.05) is 43.2 Å². The zero-order valence-electron chi connectivity index (χ0n) is 19.0. The number of rotatable bonds is 8. The van der Waals surface area contributed by atoms with E-state index in [1.807, 2.05) is 31.1 Å². The highest BCUT2D eigenvalue weighted by Gasteiger charge is 2.14. The van der Waals surface area contributed by atoms with Gasteiger partial charge in [-0.1, -0.05) is 6.07 Å². The molecule has 0 radical (unpaired) electrons. The topological polar surface area (TPSA) is 118 Å². The minimum atomic E-state index is -3.89. The van der Waals surface area contributed by atoms with E-state index in [1.165, 1.54) is 36.6 Å². The van der Waals surface area contributed by atoms with Gasteiger partial charge in [0.2, 0.25) is 5.94 Å². The van der Waals surface area contributed by atoms with Crippen LogP contribution in [-0.4, -0.2) is 34.4 Å². The second kappa shape index (κ2) is 9.90. The molecule has 10 heteroatoms. The molecular formula is C25H23N3O6S.